The van der Waals surface area contributed by atoms with Gasteiger partial charge in [0, 0.05) is 18.6 Å². The van der Waals surface area contributed by atoms with E-state index in [-0.39, 0.29) is 17.2 Å². The van der Waals surface area contributed by atoms with Gasteiger partial charge in [0.05, 0.1) is 10.3 Å². The zero-order valence-electron chi connectivity index (χ0n) is 11.9. The maximum atomic E-state index is 12.1. The minimum absolute atomic E-state index is 0.0521. The lowest BCUT2D eigenvalue weighted by molar-refractivity contribution is -0.384. The van der Waals surface area contributed by atoms with E-state index in [0.717, 1.165) is 25.7 Å². The molecule has 1 atom stereocenters. The van der Waals surface area contributed by atoms with E-state index in [0.29, 0.717) is 18.0 Å². The van der Waals surface area contributed by atoms with E-state index in [2.05, 4.69) is 0 Å². The number of nitro benzene ring substituents is 1. The second-order valence-corrected chi connectivity index (χ2v) is 6.06. The predicted molar refractivity (Wildman–Crippen MR) is 77.3 cm³/mol. The molecule has 2 fully saturated rings. The number of ketones is 1. The van der Waals surface area contributed by atoms with Crippen molar-refractivity contribution in [3.63, 3.8) is 0 Å². The minimum atomic E-state index is -0.427. The standard InChI is InChI=1S/C16H19NO4/c18-14-11-15(16(14)9-3-1-2-4-10-16)21-13-7-5-12(6-8-13)17(19)20/h5-8,15H,1-4,9-11H2. The van der Waals surface area contributed by atoms with E-state index >= 15 is 0 Å². The number of carbonyl (C=O) groups is 1. The first kappa shape index (κ1) is 14.0. The Bertz CT molecular complexity index is 544. The Hall–Kier alpha value is -1.91. The molecule has 2 saturated carbocycles. The van der Waals surface area contributed by atoms with Gasteiger partial charge >= 0.3 is 0 Å². The van der Waals surface area contributed by atoms with Crippen LogP contribution in [0.15, 0.2) is 24.3 Å². The molecule has 21 heavy (non-hydrogen) atoms. The maximum absolute atomic E-state index is 12.1. The Labute approximate surface area is 123 Å². The van der Waals surface area contributed by atoms with Crippen molar-refractivity contribution < 1.29 is 14.5 Å². The van der Waals surface area contributed by atoms with Crippen LogP contribution in [0.25, 0.3) is 0 Å². The highest BCUT2D eigenvalue weighted by molar-refractivity contribution is 5.92. The molecule has 3 rings (SSSR count). The fraction of sp³-hybridized carbons (Fsp3) is 0.562. The van der Waals surface area contributed by atoms with Gasteiger partial charge in [-0.1, -0.05) is 25.7 Å². The Morgan fingerprint density at radius 2 is 1.71 bits per heavy atom. The molecule has 0 N–H and O–H groups in total. The molecule has 0 aliphatic heterocycles. The van der Waals surface area contributed by atoms with Crippen molar-refractivity contribution in [2.45, 2.75) is 51.0 Å². The summed E-state index contributed by atoms with van der Waals surface area (Å²) in [5.41, 5.74) is -0.241. The van der Waals surface area contributed by atoms with E-state index in [1.807, 2.05) is 0 Å². The van der Waals surface area contributed by atoms with Gasteiger partial charge in [-0.05, 0) is 25.0 Å². The molecule has 1 unspecified atom stereocenters. The fourth-order valence-corrected chi connectivity index (χ4v) is 3.54. The maximum Gasteiger partial charge on any atom is 0.269 e. The average Bonchev–Trinajstić information content (AvgIpc) is 2.75. The first-order valence-electron chi connectivity index (χ1n) is 7.56. The van der Waals surface area contributed by atoms with Gasteiger partial charge in [-0.15, -0.1) is 0 Å². The van der Waals surface area contributed by atoms with Crippen molar-refractivity contribution in [3.05, 3.63) is 34.4 Å². The second-order valence-electron chi connectivity index (χ2n) is 6.06. The van der Waals surface area contributed by atoms with E-state index in [9.17, 15) is 14.9 Å². The number of carbonyl (C=O) groups excluding carboxylic acids is 1. The highest BCUT2D eigenvalue weighted by Gasteiger charge is 2.55. The van der Waals surface area contributed by atoms with Crippen LogP contribution in [0, 0.1) is 15.5 Å². The molecule has 1 aromatic rings. The zero-order chi connectivity index (χ0) is 14.9. The van der Waals surface area contributed by atoms with Gasteiger partial charge in [-0.2, -0.15) is 0 Å². The zero-order valence-corrected chi connectivity index (χ0v) is 11.9. The highest BCUT2D eigenvalue weighted by Crippen LogP contribution is 2.49. The van der Waals surface area contributed by atoms with Crippen molar-refractivity contribution in [1.82, 2.24) is 0 Å². The Morgan fingerprint density at radius 1 is 1.10 bits per heavy atom. The second kappa shape index (κ2) is 5.47. The first-order valence-corrected chi connectivity index (χ1v) is 7.56. The number of nitrogens with zero attached hydrogens (tertiary/aromatic N) is 1. The van der Waals surface area contributed by atoms with Crippen LogP contribution in [0.4, 0.5) is 5.69 Å². The van der Waals surface area contributed by atoms with Crippen LogP contribution in [0.3, 0.4) is 0 Å². The summed E-state index contributed by atoms with van der Waals surface area (Å²) in [6.45, 7) is 0. The third-order valence-electron chi connectivity index (χ3n) is 4.86. The molecule has 0 bridgehead atoms. The summed E-state index contributed by atoms with van der Waals surface area (Å²) >= 11 is 0. The van der Waals surface area contributed by atoms with Crippen LogP contribution < -0.4 is 4.74 Å². The van der Waals surface area contributed by atoms with Gasteiger partial charge in [0.25, 0.3) is 5.69 Å². The summed E-state index contributed by atoms with van der Waals surface area (Å²) in [6, 6.07) is 6.11. The van der Waals surface area contributed by atoms with Crippen molar-refractivity contribution in [3.8, 4) is 5.75 Å². The van der Waals surface area contributed by atoms with Crippen LogP contribution >= 0.6 is 0 Å². The number of nitro groups is 1. The number of non-ortho nitro benzene ring substituents is 1. The number of hydrogen-bond acceptors (Lipinski definition) is 4. The van der Waals surface area contributed by atoms with Crippen molar-refractivity contribution in [2.24, 2.45) is 5.41 Å². The highest BCUT2D eigenvalue weighted by atomic mass is 16.6. The summed E-state index contributed by atoms with van der Waals surface area (Å²) in [7, 11) is 0. The van der Waals surface area contributed by atoms with Gasteiger partial charge in [0.1, 0.15) is 17.6 Å². The Balaban J connectivity index is 1.72. The summed E-state index contributed by atoms with van der Waals surface area (Å²) in [6.07, 6.45) is 6.81. The molecule has 5 heteroatoms. The molecule has 1 aromatic carbocycles. The van der Waals surface area contributed by atoms with Gasteiger partial charge < -0.3 is 4.74 Å². The van der Waals surface area contributed by atoms with Gasteiger partial charge in [-0.3, -0.25) is 14.9 Å². The quantitative estimate of drug-likeness (QED) is 0.629. The molecule has 5 nitrogen and oxygen atoms in total. The van der Waals surface area contributed by atoms with Crippen molar-refractivity contribution >= 4 is 11.5 Å². The fourth-order valence-electron chi connectivity index (χ4n) is 3.54. The molecule has 0 amide bonds. The molecule has 0 heterocycles. The SMILES string of the molecule is O=C1CC(Oc2ccc([N+](=O)[O-])cc2)C12CCCCCC2. The van der Waals surface area contributed by atoms with Crippen LogP contribution in [0.5, 0.6) is 5.75 Å². The molecule has 1 spiro atoms. The summed E-state index contributed by atoms with van der Waals surface area (Å²) in [5.74, 6) is 0.943. The minimum Gasteiger partial charge on any atom is -0.489 e. The van der Waals surface area contributed by atoms with Gasteiger partial charge in [0.2, 0.25) is 0 Å². The summed E-state index contributed by atoms with van der Waals surface area (Å²) in [4.78, 5) is 22.4. The predicted octanol–water partition coefficient (Wildman–Crippen LogP) is 3.66. The lowest BCUT2D eigenvalue weighted by Crippen LogP contribution is -2.56. The lowest BCUT2D eigenvalue weighted by Gasteiger charge is -2.47. The summed E-state index contributed by atoms with van der Waals surface area (Å²) in [5, 5.41) is 10.6. The van der Waals surface area contributed by atoms with E-state index in [4.69, 9.17) is 4.74 Å². The topological polar surface area (TPSA) is 69.4 Å². The number of rotatable bonds is 3. The van der Waals surface area contributed by atoms with Crippen LogP contribution in [-0.2, 0) is 4.79 Å². The van der Waals surface area contributed by atoms with Crippen molar-refractivity contribution in [2.75, 3.05) is 0 Å². The lowest BCUT2D eigenvalue weighted by atomic mass is 9.60. The van der Waals surface area contributed by atoms with E-state index in [1.54, 1.807) is 12.1 Å². The van der Waals surface area contributed by atoms with Crippen molar-refractivity contribution in [1.29, 1.82) is 0 Å². The number of hydrogen-bond donors (Lipinski definition) is 0. The number of ether oxygens (including phenoxy) is 1. The van der Waals surface area contributed by atoms with E-state index in [1.165, 1.54) is 25.0 Å². The van der Waals surface area contributed by atoms with Gasteiger partial charge in [0.15, 0.2) is 0 Å². The van der Waals surface area contributed by atoms with Crippen LogP contribution in [0.1, 0.15) is 44.9 Å². The third kappa shape index (κ3) is 2.52. The largest absolute Gasteiger partial charge is 0.489 e. The molecule has 2 aliphatic carbocycles. The average molecular weight is 289 g/mol. The normalized spacial score (nSPS) is 24.2. The van der Waals surface area contributed by atoms with Gasteiger partial charge in [-0.25, -0.2) is 0 Å². The molecular weight excluding hydrogens is 270 g/mol. The molecule has 0 saturated heterocycles. The Kier molecular flexibility index (Phi) is 3.66. The third-order valence-corrected chi connectivity index (χ3v) is 4.86. The first-order chi connectivity index (χ1) is 10.1. The van der Waals surface area contributed by atoms with Crippen LogP contribution in [-0.4, -0.2) is 16.8 Å². The number of benzene rings is 1. The summed E-state index contributed by atoms with van der Waals surface area (Å²) < 4.78 is 5.96. The molecule has 0 radical (unpaired) electrons. The Morgan fingerprint density at radius 3 is 2.24 bits per heavy atom. The molecule has 112 valence electrons. The van der Waals surface area contributed by atoms with Crippen LogP contribution in [0.2, 0.25) is 0 Å². The molecular formula is C16H19NO4. The van der Waals surface area contributed by atoms with E-state index < -0.39 is 4.92 Å². The molecule has 2 aliphatic rings. The monoisotopic (exact) mass is 289 g/mol. The smallest absolute Gasteiger partial charge is 0.269 e. The molecule has 0 aromatic heterocycles. The number of Topliss-reactive ketones (excluding diaryl/α,β-unsaturated/α-hetero) is 1.